The van der Waals surface area contributed by atoms with Crippen molar-refractivity contribution >= 4 is 6.09 Å². The van der Waals surface area contributed by atoms with E-state index in [4.69, 9.17) is 4.74 Å². The van der Waals surface area contributed by atoms with Crippen LogP contribution in [-0.4, -0.2) is 28.3 Å². The van der Waals surface area contributed by atoms with Gasteiger partial charge in [0, 0.05) is 30.8 Å². The van der Waals surface area contributed by atoms with Crippen molar-refractivity contribution in [2.75, 3.05) is 6.54 Å². The zero-order valence-electron chi connectivity index (χ0n) is 11.7. The van der Waals surface area contributed by atoms with Crippen molar-refractivity contribution in [2.45, 2.75) is 32.8 Å². The van der Waals surface area contributed by atoms with Gasteiger partial charge in [0.2, 0.25) is 0 Å². The van der Waals surface area contributed by atoms with Crippen molar-refractivity contribution < 1.29 is 14.6 Å². The van der Waals surface area contributed by atoms with E-state index in [9.17, 15) is 14.7 Å². The van der Waals surface area contributed by atoms with Gasteiger partial charge in [-0.1, -0.05) is 11.8 Å². The Balaban J connectivity index is 2.38. The molecule has 0 aliphatic rings. The summed E-state index contributed by atoms with van der Waals surface area (Å²) in [4.78, 5) is 24.6. The largest absolute Gasteiger partial charge is 0.503 e. The van der Waals surface area contributed by atoms with Crippen molar-refractivity contribution in [3.63, 3.8) is 0 Å². The Labute approximate surface area is 117 Å². The van der Waals surface area contributed by atoms with Crippen LogP contribution in [0, 0.1) is 11.8 Å². The maximum absolute atomic E-state index is 11.3. The molecule has 1 rings (SSSR count). The van der Waals surface area contributed by atoms with Crippen LogP contribution >= 0.6 is 0 Å². The molecule has 1 amide bonds. The Morgan fingerprint density at radius 3 is 2.80 bits per heavy atom. The van der Waals surface area contributed by atoms with Crippen LogP contribution in [0.5, 0.6) is 5.75 Å². The van der Waals surface area contributed by atoms with Crippen LogP contribution in [0.25, 0.3) is 0 Å². The Morgan fingerprint density at radius 1 is 1.50 bits per heavy atom. The number of H-pyrrole nitrogens is 1. The van der Waals surface area contributed by atoms with Crippen LogP contribution in [0.15, 0.2) is 17.1 Å². The topological polar surface area (TPSA) is 91.4 Å². The fourth-order valence-corrected chi connectivity index (χ4v) is 1.25. The molecule has 0 saturated heterocycles. The van der Waals surface area contributed by atoms with E-state index in [1.165, 1.54) is 12.3 Å². The van der Waals surface area contributed by atoms with Crippen molar-refractivity contribution in [1.29, 1.82) is 0 Å². The molecule has 0 saturated carbocycles. The van der Waals surface area contributed by atoms with E-state index in [0.29, 0.717) is 18.5 Å². The van der Waals surface area contributed by atoms with E-state index < -0.39 is 17.3 Å². The first-order chi connectivity index (χ1) is 9.28. The van der Waals surface area contributed by atoms with E-state index >= 15 is 0 Å². The fourth-order valence-electron chi connectivity index (χ4n) is 1.25. The van der Waals surface area contributed by atoms with Gasteiger partial charge in [0.25, 0.3) is 5.56 Å². The highest BCUT2D eigenvalue weighted by Crippen LogP contribution is 2.06. The molecule has 6 nitrogen and oxygen atoms in total. The molecule has 0 atom stereocenters. The lowest BCUT2D eigenvalue weighted by atomic mass is 10.2. The van der Waals surface area contributed by atoms with Gasteiger partial charge in [-0.3, -0.25) is 4.79 Å². The zero-order chi connectivity index (χ0) is 15.2. The minimum atomic E-state index is -0.554. The molecule has 0 spiro atoms. The molecule has 1 aromatic heterocycles. The molecule has 0 fully saturated rings. The normalized spacial score (nSPS) is 10.3. The van der Waals surface area contributed by atoms with Gasteiger partial charge in [-0.25, -0.2) is 4.79 Å². The van der Waals surface area contributed by atoms with Gasteiger partial charge in [-0.05, 0) is 20.8 Å². The highest BCUT2D eigenvalue weighted by Gasteiger charge is 2.15. The molecule has 0 bridgehead atoms. The Hall–Kier alpha value is -2.42. The molecule has 0 unspecified atom stereocenters. The monoisotopic (exact) mass is 278 g/mol. The van der Waals surface area contributed by atoms with Gasteiger partial charge >= 0.3 is 6.09 Å². The number of hydrogen-bond donors (Lipinski definition) is 3. The predicted molar refractivity (Wildman–Crippen MR) is 74.5 cm³/mol. The minimum Gasteiger partial charge on any atom is -0.503 e. The molecule has 6 heteroatoms. The quantitative estimate of drug-likeness (QED) is 0.562. The van der Waals surface area contributed by atoms with Gasteiger partial charge in [-0.2, -0.15) is 0 Å². The second kappa shape index (κ2) is 6.66. The number of rotatable bonds is 2. The molecule has 0 aliphatic carbocycles. The molecule has 108 valence electrons. The van der Waals surface area contributed by atoms with Crippen molar-refractivity contribution in [3.8, 4) is 17.6 Å². The molecule has 3 N–H and O–H groups in total. The number of amides is 1. The lowest BCUT2D eigenvalue weighted by Crippen LogP contribution is -2.32. The number of aromatic amines is 1. The first kappa shape index (κ1) is 15.6. The van der Waals surface area contributed by atoms with Gasteiger partial charge in [0.1, 0.15) is 5.60 Å². The second-order valence-corrected chi connectivity index (χ2v) is 5.08. The van der Waals surface area contributed by atoms with Gasteiger partial charge in [0.15, 0.2) is 5.75 Å². The van der Waals surface area contributed by atoms with Crippen LogP contribution < -0.4 is 10.9 Å². The third-order valence-electron chi connectivity index (χ3n) is 2.03. The lowest BCUT2D eigenvalue weighted by molar-refractivity contribution is 0.0529. The van der Waals surface area contributed by atoms with Crippen molar-refractivity contribution in [1.82, 2.24) is 10.3 Å². The summed E-state index contributed by atoms with van der Waals surface area (Å²) in [5, 5.41) is 11.8. The summed E-state index contributed by atoms with van der Waals surface area (Å²) in [5.41, 5.74) is -0.579. The van der Waals surface area contributed by atoms with E-state index in [1.54, 1.807) is 20.8 Å². The Kier molecular flexibility index (Phi) is 5.21. The maximum Gasteiger partial charge on any atom is 0.407 e. The first-order valence-electron chi connectivity index (χ1n) is 6.15. The van der Waals surface area contributed by atoms with E-state index in [-0.39, 0.29) is 5.75 Å². The van der Waals surface area contributed by atoms with Gasteiger partial charge < -0.3 is 20.1 Å². The van der Waals surface area contributed by atoms with Gasteiger partial charge in [0.05, 0.1) is 0 Å². The summed E-state index contributed by atoms with van der Waals surface area (Å²) < 4.78 is 5.06. The molecule has 0 aromatic carbocycles. The third kappa shape index (κ3) is 5.96. The highest BCUT2D eigenvalue weighted by molar-refractivity contribution is 5.67. The molecular weight excluding hydrogens is 260 g/mol. The number of ether oxygens (including phenoxy) is 1. The average Bonchev–Trinajstić information content (AvgIpc) is 2.31. The summed E-state index contributed by atoms with van der Waals surface area (Å²) in [6, 6.07) is 1.28. The molecule has 1 heterocycles. The summed E-state index contributed by atoms with van der Waals surface area (Å²) in [6.45, 7) is 5.72. The molecule has 0 aliphatic heterocycles. The fraction of sp³-hybridized carbons (Fsp3) is 0.429. The number of alkyl carbamates (subject to hydrolysis) is 1. The van der Waals surface area contributed by atoms with Crippen LogP contribution in [0.3, 0.4) is 0 Å². The van der Waals surface area contributed by atoms with Crippen LogP contribution in [-0.2, 0) is 4.74 Å². The van der Waals surface area contributed by atoms with Crippen molar-refractivity contribution in [3.05, 3.63) is 28.2 Å². The second-order valence-electron chi connectivity index (χ2n) is 5.08. The van der Waals surface area contributed by atoms with Crippen LogP contribution in [0.4, 0.5) is 4.79 Å². The number of carbonyl (C=O) groups excluding carboxylic acids is 1. The molecule has 1 aromatic rings. The predicted octanol–water partition coefficient (Wildman–Crippen LogP) is 1.35. The summed E-state index contributed by atoms with van der Waals surface area (Å²) >= 11 is 0. The Morgan fingerprint density at radius 2 is 2.20 bits per heavy atom. The number of aromatic nitrogens is 1. The first-order valence-corrected chi connectivity index (χ1v) is 6.15. The molecule has 20 heavy (non-hydrogen) atoms. The minimum absolute atomic E-state index is 0.358. The van der Waals surface area contributed by atoms with E-state index in [0.717, 1.165) is 0 Å². The third-order valence-corrected chi connectivity index (χ3v) is 2.03. The smallest absolute Gasteiger partial charge is 0.407 e. The van der Waals surface area contributed by atoms with E-state index in [1.807, 2.05) is 0 Å². The van der Waals surface area contributed by atoms with Crippen LogP contribution in [0.1, 0.15) is 32.8 Å². The van der Waals surface area contributed by atoms with E-state index in [2.05, 4.69) is 22.1 Å². The standard InChI is InChI=1S/C14H18N2O4/c1-14(2,3)20-13(19)15-7-5-4-6-10-8-11(17)12(18)16-9-10/h8-9,17H,5,7H2,1-3H3,(H,15,19)(H,16,18). The average molecular weight is 278 g/mol. The van der Waals surface area contributed by atoms with Crippen molar-refractivity contribution in [2.24, 2.45) is 0 Å². The summed E-state index contributed by atoms with van der Waals surface area (Å²) in [5.74, 6) is 5.20. The van der Waals surface area contributed by atoms with Gasteiger partial charge in [-0.15, -0.1) is 0 Å². The number of nitrogens with one attached hydrogen (secondary N) is 2. The summed E-state index contributed by atoms with van der Waals surface area (Å²) in [7, 11) is 0. The lowest BCUT2D eigenvalue weighted by Gasteiger charge is -2.19. The number of carbonyl (C=O) groups is 1. The SMILES string of the molecule is CC(C)(C)OC(=O)NCCC#Cc1c[nH]c(=O)c(O)c1. The number of hydrogen-bond acceptors (Lipinski definition) is 4. The van der Waals surface area contributed by atoms with Crippen LogP contribution in [0.2, 0.25) is 0 Å². The zero-order valence-corrected chi connectivity index (χ0v) is 11.7. The molecule has 0 radical (unpaired) electrons. The molecular formula is C14H18N2O4. The number of pyridine rings is 1. The highest BCUT2D eigenvalue weighted by atomic mass is 16.6. The Bertz CT molecular complexity index is 588. The maximum atomic E-state index is 11.3. The number of aromatic hydroxyl groups is 1. The summed E-state index contributed by atoms with van der Waals surface area (Å²) in [6.07, 6.45) is 1.36.